The number of non-ortho nitro benzene ring substituents is 1. The number of hydrogen-bond acceptors (Lipinski definition) is 9. The molecule has 2 aromatic carbocycles. The molecule has 0 atom stereocenters. The molecule has 0 unspecified atom stereocenters. The fraction of sp³-hybridized carbons (Fsp3) is 0.278. The van der Waals surface area contributed by atoms with Crippen LogP contribution in [0.15, 0.2) is 52.3 Å². The molecule has 33 heavy (non-hydrogen) atoms. The highest BCUT2D eigenvalue weighted by Gasteiger charge is 2.35. The van der Waals surface area contributed by atoms with E-state index in [1.54, 1.807) is 0 Å². The summed E-state index contributed by atoms with van der Waals surface area (Å²) >= 11 is 0. The quantitative estimate of drug-likeness (QED) is 0.416. The van der Waals surface area contributed by atoms with E-state index < -0.39 is 56.8 Å². The van der Waals surface area contributed by atoms with Gasteiger partial charge in [0.1, 0.15) is 0 Å². The first kappa shape index (κ1) is 24.2. The Morgan fingerprint density at radius 3 is 2.06 bits per heavy atom. The van der Waals surface area contributed by atoms with Crippen LogP contribution in [-0.4, -0.2) is 74.2 Å². The highest BCUT2D eigenvalue weighted by molar-refractivity contribution is 7.90. The Labute approximate surface area is 188 Å². The number of para-hydroxylation sites is 1. The summed E-state index contributed by atoms with van der Waals surface area (Å²) in [7, 11) is -8.04. The number of nitro groups is 2. The Bertz CT molecular complexity index is 1350. The predicted octanol–water partition coefficient (Wildman–Crippen LogP) is 1.05. The van der Waals surface area contributed by atoms with Gasteiger partial charge in [-0.1, -0.05) is 12.1 Å². The standard InChI is InChI=1S/C18H18N4O9S2/c1-32(28,29)15-11-13(10-14(12-15)21(24)25)18(23)19-6-8-20(9-7-19)33(30,31)17-5-3-2-4-16(17)22(26)27/h2-5,10-12H,6-9H2,1H3. The van der Waals surface area contributed by atoms with Crippen LogP contribution in [0.25, 0.3) is 0 Å². The first-order chi connectivity index (χ1) is 15.3. The Morgan fingerprint density at radius 1 is 0.909 bits per heavy atom. The zero-order valence-corrected chi connectivity index (χ0v) is 18.8. The summed E-state index contributed by atoms with van der Waals surface area (Å²) in [5.74, 6) is -0.702. The van der Waals surface area contributed by atoms with Gasteiger partial charge in [0, 0.05) is 56.2 Å². The van der Waals surface area contributed by atoms with Crippen molar-refractivity contribution in [3.05, 3.63) is 68.3 Å². The summed E-state index contributed by atoms with van der Waals surface area (Å²) in [5.41, 5.74) is -1.36. The lowest BCUT2D eigenvalue weighted by molar-refractivity contribution is -0.387. The molecule has 176 valence electrons. The molecule has 0 saturated carbocycles. The Morgan fingerprint density at radius 2 is 1.52 bits per heavy atom. The molecule has 0 N–H and O–H groups in total. The van der Waals surface area contributed by atoms with Gasteiger partial charge in [-0.15, -0.1) is 0 Å². The highest BCUT2D eigenvalue weighted by Crippen LogP contribution is 2.27. The molecule has 1 fully saturated rings. The van der Waals surface area contributed by atoms with Gasteiger partial charge in [-0.05, 0) is 12.1 Å². The van der Waals surface area contributed by atoms with Crippen LogP contribution < -0.4 is 0 Å². The van der Waals surface area contributed by atoms with Crippen LogP contribution in [0.5, 0.6) is 0 Å². The van der Waals surface area contributed by atoms with Crippen molar-refractivity contribution < 1.29 is 31.5 Å². The average molecular weight is 498 g/mol. The van der Waals surface area contributed by atoms with Gasteiger partial charge in [0.25, 0.3) is 17.3 Å². The molecule has 1 aliphatic rings. The second-order valence-electron chi connectivity index (χ2n) is 7.17. The Kier molecular flexibility index (Phi) is 6.49. The van der Waals surface area contributed by atoms with Gasteiger partial charge in [-0.2, -0.15) is 4.31 Å². The molecule has 13 nitrogen and oxygen atoms in total. The SMILES string of the molecule is CS(=O)(=O)c1cc(C(=O)N2CCN(S(=O)(=O)c3ccccc3[N+](=O)[O-])CC2)cc([N+](=O)[O-])c1. The van der Waals surface area contributed by atoms with Crippen molar-refractivity contribution in [1.82, 2.24) is 9.21 Å². The van der Waals surface area contributed by atoms with E-state index in [1.165, 1.54) is 17.0 Å². The van der Waals surface area contributed by atoms with E-state index in [2.05, 4.69) is 0 Å². The van der Waals surface area contributed by atoms with E-state index in [0.29, 0.717) is 0 Å². The third-order valence-corrected chi connectivity index (χ3v) is 8.02. The zero-order chi connectivity index (χ0) is 24.6. The third-order valence-electron chi connectivity index (χ3n) is 4.98. The van der Waals surface area contributed by atoms with Crippen LogP contribution in [0.1, 0.15) is 10.4 Å². The number of benzene rings is 2. The predicted molar refractivity (Wildman–Crippen MR) is 114 cm³/mol. The van der Waals surface area contributed by atoms with Crippen molar-refractivity contribution in [1.29, 1.82) is 0 Å². The number of hydrogen-bond donors (Lipinski definition) is 0. The summed E-state index contributed by atoms with van der Waals surface area (Å²) < 4.78 is 50.5. The van der Waals surface area contributed by atoms with Gasteiger partial charge in [0.2, 0.25) is 10.0 Å². The number of piperazine rings is 1. The summed E-state index contributed by atoms with van der Waals surface area (Å²) in [6.45, 7) is -0.548. The number of amides is 1. The van der Waals surface area contributed by atoms with Crippen LogP contribution in [0, 0.1) is 20.2 Å². The van der Waals surface area contributed by atoms with E-state index >= 15 is 0 Å². The molecular formula is C18H18N4O9S2. The van der Waals surface area contributed by atoms with Crippen molar-refractivity contribution in [2.24, 2.45) is 0 Å². The van der Waals surface area contributed by atoms with E-state index in [4.69, 9.17) is 0 Å². The second-order valence-corrected chi connectivity index (χ2v) is 11.1. The molecule has 0 aliphatic carbocycles. The monoisotopic (exact) mass is 498 g/mol. The van der Waals surface area contributed by atoms with E-state index in [9.17, 15) is 41.9 Å². The molecule has 2 aromatic rings. The van der Waals surface area contributed by atoms with Crippen LogP contribution in [-0.2, 0) is 19.9 Å². The van der Waals surface area contributed by atoms with Gasteiger partial charge in [-0.3, -0.25) is 25.0 Å². The minimum Gasteiger partial charge on any atom is -0.336 e. The molecular weight excluding hydrogens is 480 g/mol. The van der Waals surface area contributed by atoms with E-state index in [-0.39, 0.29) is 31.7 Å². The Balaban J connectivity index is 1.83. The van der Waals surface area contributed by atoms with Crippen molar-refractivity contribution in [2.75, 3.05) is 32.4 Å². The average Bonchev–Trinajstić information content (AvgIpc) is 2.77. The molecule has 0 spiro atoms. The first-order valence-electron chi connectivity index (χ1n) is 9.35. The number of sulfonamides is 1. The number of nitrogens with zero attached hydrogens (tertiary/aromatic N) is 4. The van der Waals surface area contributed by atoms with Crippen LogP contribution >= 0.6 is 0 Å². The minimum absolute atomic E-state index is 0.102. The minimum atomic E-state index is -4.21. The smallest absolute Gasteiger partial charge is 0.289 e. The molecule has 15 heteroatoms. The zero-order valence-electron chi connectivity index (χ0n) is 17.1. The number of rotatable bonds is 6. The number of carbonyl (C=O) groups is 1. The van der Waals surface area contributed by atoms with Crippen LogP contribution in [0.2, 0.25) is 0 Å². The summed E-state index contributed by atoms with van der Waals surface area (Å²) in [5, 5.41) is 22.4. The molecule has 3 rings (SSSR count). The fourth-order valence-corrected chi connectivity index (χ4v) is 5.56. The van der Waals surface area contributed by atoms with Crippen LogP contribution in [0.4, 0.5) is 11.4 Å². The highest BCUT2D eigenvalue weighted by atomic mass is 32.2. The maximum Gasteiger partial charge on any atom is 0.289 e. The molecule has 1 amide bonds. The van der Waals surface area contributed by atoms with Crippen molar-refractivity contribution in [3.63, 3.8) is 0 Å². The molecule has 1 saturated heterocycles. The largest absolute Gasteiger partial charge is 0.336 e. The lowest BCUT2D eigenvalue weighted by Crippen LogP contribution is -2.50. The van der Waals surface area contributed by atoms with Crippen molar-refractivity contribution in [2.45, 2.75) is 9.79 Å². The third kappa shape index (κ3) is 4.99. The molecule has 0 bridgehead atoms. The molecule has 1 heterocycles. The van der Waals surface area contributed by atoms with E-state index in [1.807, 2.05) is 0 Å². The number of carbonyl (C=O) groups excluding carboxylic acids is 1. The summed E-state index contributed by atoms with van der Waals surface area (Å²) in [4.78, 5) is 34.0. The maximum atomic E-state index is 12.9. The summed E-state index contributed by atoms with van der Waals surface area (Å²) in [6.07, 6.45) is 0.854. The van der Waals surface area contributed by atoms with Gasteiger partial charge in [0.05, 0.1) is 14.7 Å². The number of sulfone groups is 1. The summed E-state index contributed by atoms with van der Waals surface area (Å²) in [6, 6.07) is 7.74. The molecule has 1 aliphatic heterocycles. The molecule has 0 radical (unpaired) electrons. The first-order valence-corrected chi connectivity index (χ1v) is 12.7. The number of nitro benzene ring substituents is 2. The van der Waals surface area contributed by atoms with Gasteiger partial charge >= 0.3 is 0 Å². The van der Waals surface area contributed by atoms with E-state index in [0.717, 1.165) is 40.9 Å². The lowest BCUT2D eigenvalue weighted by Gasteiger charge is -2.34. The fourth-order valence-electron chi connectivity index (χ4n) is 3.31. The van der Waals surface area contributed by atoms with Crippen molar-refractivity contribution >= 4 is 37.1 Å². The maximum absolute atomic E-state index is 12.9. The normalized spacial score (nSPS) is 15.2. The Hall–Kier alpha value is -3.43. The topological polar surface area (TPSA) is 178 Å². The second kappa shape index (κ2) is 8.84. The molecule has 0 aromatic heterocycles. The van der Waals surface area contributed by atoms with Gasteiger partial charge in [-0.25, -0.2) is 16.8 Å². The van der Waals surface area contributed by atoms with Gasteiger partial charge < -0.3 is 4.90 Å². The van der Waals surface area contributed by atoms with Crippen molar-refractivity contribution in [3.8, 4) is 0 Å². The van der Waals surface area contributed by atoms with Crippen LogP contribution in [0.3, 0.4) is 0 Å². The van der Waals surface area contributed by atoms with Gasteiger partial charge in [0.15, 0.2) is 14.7 Å². The lowest BCUT2D eigenvalue weighted by atomic mass is 10.1.